The zero-order valence-electron chi connectivity index (χ0n) is 13.1. The number of furan rings is 1. The van der Waals surface area contributed by atoms with E-state index in [1.807, 2.05) is 77.8 Å². The molecule has 4 nitrogen and oxygen atoms in total. The molecule has 1 aromatic carbocycles. The Kier molecular flexibility index (Phi) is 3.70. The van der Waals surface area contributed by atoms with Crippen LogP contribution in [0.1, 0.15) is 28.4 Å². The van der Waals surface area contributed by atoms with Gasteiger partial charge in [-0.1, -0.05) is 18.2 Å². The first-order chi connectivity index (χ1) is 11.7. The normalized spacial score (nSPS) is 12.4. The summed E-state index contributed by atoms with van der Waals surface area (Å²) < 4.78 is 7.78. The number of benzene rings is 1. The van der Waals surface area contributed by atoms with Crippen LogP contribution in [-0.2, 0) is 0 Å². The van der Waals surface area contributed by atoms with Crippen LogP contribution in [0.5, 0.6) is 0 Å². The number of amides is 1. The van der Waals surface area contributed by atoms with Gasteiger partial charge in [-0.15, -0.1) is 11.3 Å². The van der Waals surface area contributed by atoms with E-state index in [-0.39, 0.29) is 11.9 Å². The fraction of sp³-hybridized carbons (Fsp3) is 0.105. The van der Waals surface area contributed by atoms with Crippen molar-refractivity contribution in [1.82, 2.24) is 9.88 Å². The summed E-state index contributed by atoms with van der Waals surface area (Å²) in [6.45, 7) is 1.93. The van der Waals surface area contributed by atoms with Crippen LogP contribution in [0.4, 0.5) is 0 Å². The number of carbonyl (C=O) groups is 1. The number of thiophene rings is 1. The van der Waals surface area contributed by atoms with Gasteiger partial charge in [-0.3, -0.25) is 4.79 Å². The predicted octanol–water partition coefficient (Wildman–Crippen LogP) is 4.78. The highest BCUT2D eigenvalue weighted by molar-refractivity contribution is 7.12. The number of para-hydroxylation sites is 1. The van der Waals surface area contributed by atoms with Crippen LogP contribution in [0, 0.1) is 0 Å². The summed E-state index contributed by atoms with van der Waals surface area (Å²) in [7, 11) is 0. The Bertz CT molecular complexity index is 949. The van der Waals surface area contributed by atoms with Gasteiger partial charge >= 0.3 is 0 Å². The van der Waals surface area contributed by atoms with Crippen molar-refractivity contribution in [3.05, 3.63) is 76.9 Å². The van der Waals surface area contributed by atoms with Gasteiger partial charge in [0.1, 0.15) is 16.2 Å². The van der Waals surface area contributed by atoms with Crippen LogP contribution in [0.15, 0.2) is 70.7 Å². The molecule has 0 aliphatic heterocycles. The summed E-state index contributed by atoms with van der Waals surface area (Å²) in [6, 6.07) is 15.4. The van der Waals surface area contributed by atoms with Gasteiger partial charge in [0.05, 0.1) is 11.7 Å². The van der Waals surface area contributed by atoms with Crippen LogP contribution in [0.25, 0.3) is 16.7 Å². The summed E-state index contributed by atoms with van der Waals surface area (Å²) in [6.07, 6.45) is 3.86. The van der Waals surface area contributed by atoms with Gasteiger partial charge < -0.3 is 14.3 Å². The number of carbonyl (C=O) groups excluding carboxylic acids is 1. The average molecular weight is 336 g/mol. The Morgan fingerprint density at radius 3 is 2.75 bits per heavy atom. The van der Waals surface area contributed by atoms with E-state index in [2.05, 4.69) is 5.32 Å². The van der Waals surface area contributed by atoms with E-state index in [1.165, 1.54) is 11.3 Å². The number of fused-ring (bicyclic) bond motifs is 1. The minimum absolute atomic E-state index is 0.0957. The van der Waals surface area contributed by atoms with Crippen LogP contribution < -0.4 is 5.32 Å². The van der Waals surface area contributed by atoms with Crippen LogP contribution in [0.3, 0.4) is 0 Å². The third-order valence-electron chi connectivity index (χ3n) is 3.95. The maximum Gasteiger partial charge on any atom is 0.264 e. The molecule has 1 atom stereocenters. The summed E-state index contributed by atoms with van der Waals surface area (Å²) >= 11 is 1.43. The molecule has 5 heteroatoms. The lowest BCUT2D eigenvalue weighted by Gasteiger charge is -2.12. The Morgan fingerprint density at radius 2 is 1.96 bits per heavy atom. The van der Waals surface area contributed by atoms with Gasteiger partial charge in [-0.2, -0.15) is 0 Å². The molecule has 0 bridgehead atoms. The summed E-state index contributed by atoms with van der Waals surface area (Å²) in [5, 5.41) is 5.99. The van der Waals surface area contributed by atoms with Gasteiger partial charge in [0.15, 0.2) is 0 Å². The third-order valence-corrected chi connectivity index (χ3v) is 4.85. The van der Waals surface area contributed by atoms with E-state index in [1.54, 1.807) is 0 Å². The maximum absolute atomic E-state index is 12.7. The van der Waals surface area contributed by atoms with Gasteiger partial charge in [-0.25, -0.2) is 0 Å². The molecule has 0 saturated heterocycles. The molecular weight excluding hydrogens is 320 g/mol. The van der Waals surface area contributed by atoms with Crippen molar-refractivity contribution in [3.8, 4) is 5.69 Å². The Morgan fingerprint density at radius 1 is 1.17 bits per heavy atom. The molecule has 24 heavy (non-hydrogen) atoms. The number of nitrogens with zero attached hydrogens (tertiary/aromatic N) is 1. The standard InChI is InChI=1S/C19H16N2O2S/c1-13(17-12-14-6-2-3-7-16(14)23-17)20-19(22)18-15(8-11-24-18)21-9-4-5-10-21/h2-13H,1H3,(H,20,22). The molecular formula is C19H16N2O2S. The number of nitrogens with one attached hydrogen (secondary N) is 1. The highest BCUT2D eigenvalue weighted by atomic mass is 32.1. The smallest absolute Gasteiger partial charge is 0.264 e. The monoisotopic (exact) mass is 336 g/mol. The second-order valence-electron chi connectivity index (χ2n) is 5.61. The van der Waals surface area contributed by atoms with Crippen molar-refractivity contribution < 1.29 is 9.21 Å². The molecule has 0 saturated carbocycles. The molecule has 0 fully saturated rings. The van der Waals surface area contributed by atoms with Crippen molar-refractivity contribution in [1.29, 1.82) is 0 Å². The van der Waals surface area contributed by atoms with Crippen molar-refractivity contribution in [2.45, 2.75) is 13.0 Å². The highest BCUT2D eigenvalue weighted by Crippen LogP contribution is 2.25. The molecule has 1 N–H and O–H groups in total. The lowest BCUT2D eigenvalue weighted by atomic mass is 10.2. The van der Waals surface area contributed by atoms with Gasteiger partial charge in [0.25, 0.3) is 5.91 Å². The van der Waals surface area contributed by atoms with E-state index >= 15 is 0 Å². The van der Waals surface area contributed by atoms with Crippen molar-refractivity contribution in [2.24, 2.45) is 0 Å². The Balaban J connectivity index is 1.57. The van der Waals surface area contributed by atoms with Crippen LogP contribution in [-0.4, -0.2) is 10.5 Å². The van der Waals surface area contributed by atoms with E-state index in [0.29, 0.717) is 4.88 Å². The first kappa shape index (κ1) is 14.8. The number of hydrogen-bond donors (Lipinski definition) is 1. The second kappa shape index (κ2) is 6.02. The maximum atomic E-state index is 12.7. The van der Waals surface area contributed by atoms with Gasteiger partial charge in [0.2, 0.25) is 0 Å². The van der Waals surface area contributed by atoms with Crippen LogP contribution in [0.2, 0.25) is 0 Å². The van der Waals surface area contributed by atoms with Crippen molar-refractivity contribution in [3.63, 3.8) is 0 Å². The molecule has 4 aromatic rings. The minimum Gasteiger partial charge on any atom is -0.459 e. The molecule has 3 heterocycles. The molecule has 0 radical (unpaired) electrons. The summed E-state index contributed by atoms with van der Waals surface area (Å²) in [4.78, 5) is 13.4. The van der Waals surface area contributed by atoms with E-state index in [4.69, 9.17) is 4.42 Å². The summed E-state index contributed by atoms with van der Waals surface area (Å²) in [5.41, 5.74) is 1.72. The summed E-state index contributed by atoms with van der Waals surface area (Å²) in [5.74, 6) is 0.658. The fourth-order valence-electron chi connectivity index (χ4n) is 2.72. The highest BCUT2D eigenvalue weighted by Gasteiger charge is 2.19. The second-order valence-corrected chi connectivity index (χ2v) is 6.52. The quantitative estimate of drug-likeness (QED) is 0.583. The molecule has 0 aliphatic rings. The SMILES string of the molecule is CC(NC(=O)c1sccc1-n1cccc1)c1cc2ccccc2o1. The first-order valence-corrected chi connectivity index (χ1v) is 8.60. The van der Waals surface area contributed by atoms with E-state index in [9.17, 15) is 4.79 Å². The molecule has 0 aliphatic carbocycles. The molecule has 3 aromatic heterocycles. The lowest BCUT2D eigenvalue weighted by Crippen LogP contribution is -2.26. The molecule has 0 spiro atoms. The molecule has 1 amide bonds. The zero-order chi connectivity index (χ0) is 16.5. The van der Waals surface area contributed by atoms with E-state index < -0.39 is 0 Å². The average Bonchev–Trinajstić information content (AvgIpc) is 3.32. The third kappa shape index (κ3) is 2.63. The van der Waals surface area contributed by atoms with Crippen LogP contribution >= 0.6 is 11.3 Å². The molecule has 4 rings (SSSR count). The Labute approximate surface area is 143 Å². The number of hydrogen-bond acceptors (Lipinski definition) is 3. The largest absolute Gasteiger partial charge is 0.459 e. The Hall–Kier alpha value is -2.79. The number of aromatic nitrogens is 1. The lowest BCUT2D eigenvalue weighted by molar-refractivity contribution is 0.0940. The number of rotatable bonds is 4. The van der Waals surface area contributed by atoms with Gasteiger partial charge in [0, 0.05) is 17.8 Å². The van der Waals surface area contributed by atoms with Crippen molar-refractivity contribution in [2.75, 3.05) is 0 Å². The first-order valence-electron chi connectivity index (χ1n) is 7.72. The topological polar surface area (TPSA) is 47.2 Å². The molecule has 1 unspecified atom stereocenters. The minimum atomic E-state index is -0.204. The molecule has 120 valence electrons. The predicted molar refractivity (Wildman–Crippen MR) is 95.7 cm³/mol. The van der Waals surface area contributed by atoms with Gasteiger partial charge in [-0.05, 0) is 42.6 Å². The van der Waals surface area contributed by atoms with Crippen molar-refractivity contribution >= 4 is 28.2 Å². The van der Waals surface area contributed by atoms with E-state index in [0.717, 1.165) is 22.4 Å². The fourth-order valence-corrected chi connectivity index (χ4v) is 3.51. The zero-order valence-corrected chi connectivity index (χ0v) is 13.9.